The number of imidazole rings is 1. The zero-order valence-corrected chi connectivity index (χ0v) is 17.1. The number of aromatic nitrogens is 4. The van der Waals surface area contributed by atoms with Crippen molar-refractivity contribution < 1.29 is 19.4 Å². The van der Waals surface area contributed by atoms with Gasteiger partial charge in [0, 0.05) is 32.8 Å². The summed E-state index contributed by atoms with van der Waals surface area (Å²) in [5.74, 6) is -0.440. The maximum absolute atomic E-state index is 12.7. The van der Waals surface area contributed by atoms with Crippen LogP contribution in [0.1, 0.15) is 47.2 Å². The van der Waals surface area contributed by atoms with Gasteiger partial charge in [-0.25, -0.2) is 4.98 Å². The molecule has 0 aliphatic carbocycles. The minimum Gasteiger partial charge on any atom is -0.388 e. The van der Waals surface area contributed by atoms with Crippen molar-refractivity contribution in [2.24, 2.45) is 7.05 Å². The minimum absolute atomic E-state index is 0.125. The van der Waals surface area contributed by atoms with E-state index in [9.17, 15) is 14.7 Å². The number of hydrogen-bond acceptors (Lipinski definition) is 7. The van der Waals surface area contributed by atoms with Crippen molar-refractivity contribution in [1.29, 1.82) is 0 Å². The van der Waals surface area contributed by atoms with Crippen LogP contribution in [0.2, 0.25) is 0 Å². The van der Waals surface area contributed by atoms with E-state index in [1.165, 1.54) is 12.4 Å². The predicted octanol–water partition coefficient (Wildman–Crippen LogP) is 0.155. The highest BCUT2D eigenvalue weighted by molar-refractivity contribution is 5.93. The number of carbonyl (C=O) groups is 2. The lowest BCUT2D eigenvalue weighted by atomic mass is 9.74. The molecule has 2 aromatic heterocycles. The molecule has 2 atom stereocenters. The first-order valence-corrected chi connectivity index (χ1v) is 10.00. The van der Waals surface area contributed by atoms with Crippen LogP contribution in [0.4, 0.5) is 0 Å². The van der Waals surface area contributed by atoms with E-state index in [0.717, 1.165) is 0 Å². The van der Waals surface area contributed by atoms with Crippen molar-refractivity contribution in [2.45, 2.75) is 43.4 Å². The van der Waals surface area contributed by atoms with E-state index in [1.807, 2.05) is 6.92 Å². The van der Waals surface area contributed by atoms with Gasteiger partial charge in [-0.3, -0.25) is 9.59 Å². The van der Waals surface area contributed by atoms with Gasteiger partial charge in [0.05, 0.1) is 30.3 Å². The van der Waals surface area contributed by atoms with Crippen LogP contribution in [0, 0.1) is 0 Å². The van der Waals surface area contributed by atoms with Crippen LogP contribution >= 0.6 is 0 Å². The number of piperidine rings is 1. The largest absolute Gasteiger partial charge is 0.388 e. The Kier molecular flexibility index (Phi) is 5.29. The molecule has 1 spiro atoms. The molecule has 160 valence electrons. The monoisotopic (exact) mass is 414 g/mol. The second kappa shape index (κ2) is 7.77. The Morgan fingerprint density at radius 1 is 1.33 bits per heavy atom. The van der Waals surface area contributed by atoms with Crippen molar-refractivity contribution in [3.8, 4) is 0 Å². The van der Waals surface area contributed by atoms with E-state index >= 15 is 0 Å². The van der Waals surface area contributed by atoms with Gasteiger partial charge in [0.2, 0.25) is 0 Å². The number of likely N-dealkylation sites (tertiary alicyclic amines) is 1. The topological polar surface area (TPSA) is 122 Å². The second-order valence-electron chi connectivity index (χ2n) is 8.35. The molecular formula is C20H26N6O4. The molecule has 2 N–H and O–H groups in total. The third-order valence-electron chi connectivity index (χ3n) is 6.17. The van der Waals surface area contributed by atoms with Gasteiger partial charge in [0.1, 0.15) is 11.8 Å². The van der Waals surface area contributed by atoms with E-state index in [4.69, 9.17) is 4.74 Å². The number of amides is 2. The number of aliphatic hydroxyl groups is 1. The van der Waals surface area contributed by atoms with Crippen molar-refractivity contribution in [1.82, 2.24) is 30.0 Å². The number of hydrogen-bond donors (Lipinski definition) is 2. The van der Waals surface area contributed by atoms with Crippen LogP contribution in [0.5, 0.6) is 0 Å². The van der Waals surface area contributed by atoms with Gasteiger partial charge >= 0.3 is 0 Å². The Hall–Kier alpha value is -2.85. The Morgan fingerprint density at radius 3 is 2.73 bits per heavy atom. The Bertz CT molecular complexity index is 924. The summed E-state index contributed by atoms with van der Waals surface area (Å²) >= 11 is 0. The molecule has 0 aromatic carbocycles. The summed E-state index contributed by atoms with van der Waals surface area (Å²) in [6, 6.07) is 3.34. The van der Waals surface area contributed by atoms with E-state index in [-0.39, 0.29) is 18.4 Å². The molecule has 0 saturated carbocycles. The van der Waals surface area contributed by atoms with Crippen molar-refractivity contribution in [3.63, 3.8) is 0 Å². The first kappa shape index (κ1) is 20.4. The fourth-order valence-corrected chi connectivity index (χ4v) is 4.32. The van der Waals surface area contributed by atoms with Crippen molar-refractivity contribution in [2.75, 3.05) is 19.7 Å². The second-order valence-corrected chi connectivity index (χ2v) is 8.35. The number of carbonyl (C=O) groups excluding carboxylic acids is 2. The van der Waals surface area contributed by atoms with Crippen LogP contribution < -0.4 is 5.32 Å². The maximum Gasteiger partial charge on any atom is 0.274 e. The number of nitrogens with one attached hydrogen (secondary N) is 1. The smallest absolute Gasteiger partial charge is 0.274 e. The molecule has 4 heterocycles. The van der Waals surface area contributed by atoms with Gasteiger partial charge in [-0.05, 0) is 31.9 Å². The fourth-order valence-electron chi connectivity index (χ4n) is 4.32. The maximum atomic E-state index is 12.7. The summed E-state index contributed by atoms with van der Waals surface area (Å²) < 4.78 is 7.69. The third kappa shape index (κ3) is 3.80. The summed E-state index contributed by atoms with van der Waals surface area (Å²) in [5, 5.41) is 21.3. The highest BCUT2D eigenvalue weighted by Crippen LogP contribution is 2.40. The standard InChI is InChI=1S/C20H26N6O4/c1-19(23-17(28)15-10-21-13-25(15)2)12-20(30-11-16(19)27)5-8-26(9-6-20)18(29)14-4-3-7-22-24-14/h3-4,7,10,13,16,27H,5-6,8-9,11-12H2,1-2H3,(H,23,28)/t16-,19-/m1/s1. The van der Waals surface area contributed by atoms with Crippen molar-refractivity contribution in [3.05, 3.63) is 42.2 Å². The van der Waals surface area contributed by atoms with Crippen LogP contribution in [-0.2, 0) is 11.8 Å². The Balaban J connectivity index is 1.44. The van der Waals surface area contributed by atoms with E-state index in [0.29, 0.717) is 43.7 Å². The zero-order chi connectivity index (χ0) is 21.4. The summed E-state index contributed by atoms with van der Waals surface area (Å²) in [6.07, 6.45) is 5.44. The molecule has 2 saturated heterocycles. The molecule has 0 radical (unpaired) electrons. The van der Waals surface area contributed by atoms with E-state index < -0.39 is 17.2 Å². The zero-order valence-electron chi connectivity index (χ0n) is 17.1. The summed E-state index contributed by atoms with van der Waals surface area (Å²) in [6.45, 7) is 2.99. The molecule has 4 rings (SSSR count). The van der Waals surface area contributed by atoms with Gasteiger partial charge < -0.3 is 24.6 Å². The fraction of sp³-hybridized carbons (Fsp3) is 0.550. The van der Waals surface area contributed by atoms with Crippen LogP contribution in [0.3, 0.4) is 0 Å². The summed E-state index contributed by atoms with van der Waals surface area (Å²) in [4.78, 5) is 31.1. The lowest BCUT2D eigenvalue weighted by Gasteiger charge is -2.51. The average molecular weight is 414 g/mol. The molecule has 2 aromatic rings. The number of nitrogens with zero attached hydrogens (tertiary/aromatic N) is 5. The Morgan fingerprint density at radius 2 is 2.10 bits per heavy atom. The van der Waals surface area contributed by atoms with Gasteiger partial charge in [-0.2, -0.15) is 5.10 Å². The molecular weight excluding hydrogens is 388 g/mol. The van der Waals surface area contributed by atoms with Gasteiger partial charge in [-0.15, -0.1) is 5.10 Å². The molecule has 2 fully saturated rings. The first-order chi connectivity index (χ1) is 14.3. The first-order valence-electron chi connectivity index (χ1n) is 10.00. The normalized spacial score (nSPS) is 25.8. The highest BCUT2D eigenvalue weighted by Gasteiger charge is 2.50. The molecule has 0 unspecified atom stereocenters. The van der Waals surface area contributed by atoms with Crippen molar-refractivity contribution >= 4 is 11.8 Å². The molecule has 2 aliphatic heterocycles. The van der Waals surface area contributed by atoms with Gasteiger partial charge in [0.15, 0.2) is 5.69 Å². The highest BCUT2D eigenvalue weighted by atomic mass is 16.5. The predicted molar refractivity (Wildman–Crippen MR) is 106 cm³/mol. The van der Waals surface area contributed by atoms with Gasteiger partial charge in [0.25, 0.3) is 11.8 Å². The van der Waals surface area contributed by atoms with E-state index in [2.05, 4.69) is 20.5 Å². The minimum atomic E-state index is -0.851. The average Bonchev–Trinajstić information content (AvgIpc) is 3.18. The third-order valence-corrected chi connectivity index (χ3v) is 6.17. The SMILES string of the molecule is Cn1cncc1C(=O)N[C@]1(C)CC2(CCN(C(=O)c3cccnn3)CC2)OC[C@H]1O. The molecule has 10 nitrogen and oxygen atoms in total. The molecule has 10 heteroatoms. The molecule has 2 amide bonds. The van der Waals surface area contributed by atoms with Gasteiger partial charge in [-0.1, -0.05) is 0 Å². The number of aryl methyl sites for hydroxylation is 1. The molecule has 30 heavy (non-hydrogen) atoms. The quantitative estimate of drug-likeness (QED) is 0.733. The lowest BCUT2D eigenvalue weighted by molar-refractivity contribution is -0.175. The Labute approximate surface area is 174 Å². The van der Waals surface area contributed by atoms with Crippen LogP contribution in [-0.4, -0.2) is 78.5 Å². The number of ether oxygens (including phenoxy) is 1. The van der Waals surface area contributed by atoms with Crippen LogP contribution in [0.15, 0.2) is 30.9 Å². The number of aliphatic hydroxyl groups excluding tert-OH is 1. The molecule has 2 aliphatic rings. The van der Waals surface area contributed by atoms with E-state index in [1.54, 1.807) is 35.0 Å². The lowest BCUT2D eigenvalue weighted by Crippen LogP contribution is -2.66. The van der Waals surface area contributed by atoms with Crippen LogP contribution in [0.25, 0.3) is 0 Å². The number of rotatable bonds is 3. The summed E-state index contributed by atoms with van der Waals surface area (Å²) in [5.41, 5.74) is -0.612. The summed E-state index contributed by atoms with van der Waals surface area (Å²) in [7, 11) is 1.75. The molecule has 0 bridgehead atoms.